The molecule has 0 radical (unpaired) electrons. The number of hydrogen-bond acceptors (Lipinski definition) is 2. The van der Waals surface area contributed by atoms with E-state index in [4.69, 9.17) is 5.73 Å². The normalized spacial score (nSPS) is 33.0. The van der Waals surface area contributed by atoms with Gasteiger partial charge in [0.15, 0.2) is 0 Å². The van der Waals surface area contributed by atoms with Gasteiger partial charge in [-0.15, -0.1) is 0 Å². The zero-order valence-electron chi connectivity index (χ0n) is 14.0. The molecule has 2 aliphatic rings. The Hall–Kier alpha value is -1.02. The van der Waals surface area contributed by atoms with Crippen LogP contribution in [-0.4, -0.2) is 23.5 Å². The molecule has 2 bridgehead atoms. The van der Waals surface area contributed by atoms with Gasteiger partial charge in [-0.3, -0.25) is 4.90 Å². The molecule has 1 saturated carbocycles. The molecular weight excluding hydrogens is 256 g/mol. The Balaban J connectivity index is 1.71. The summed E-state index contributed by atoms with van der Waals surface area (Å²) in [5, 5.41) is 0. The molecule has 116 valence electrons. The fourth-order valence-corrected chi connectivity index (χ4v) is 5.13. The van der Waals surface area contributed by atoms with Gasteiger partial charge < -0.3 is 5.73 Å². The lowest BCUT2D eigenvalue weighted by atomic mass is 9.65. The maximum Gasteiger partial charge on any atom is 0.0314 e. The second-order valence-corrected chi connectivity index (χ2v) is 8.68. The predicted molar refractivity (Wildman–Crippen MR) is 90.3 cm³/mol. The van der Waals surface area contributed by atoms with Crippen molar-refractivity contribution in [3.63, 3.8) is 0 Å². The highest BCUT2D eigenvalue weighted by molar-refractivity contribution is 5.39. The Morgan fingerprint density at radius 3 is 2.52 bits per heavy atom. The standard InChI is InChI=1S/C19H30N2/c1-14(9-15-5-7-16(20)8-6-15)21-13-19(4)11-17(21)10-18(2,3)12-19/h5-8,14,17H,9-13,20H2,1-4H3. The number of nitrogens with two attached hydrogens (primary N) is 1. The van der Waals surface area contributed by atoms with E-state index in [2.05, 4.69) is 44.7 Å². The quantitative estimate of drug-likeness (QED) is 0.848. The van der Waals surface area contributed by atoms with Crippen molar-refractivity contribution in [2.45, 2.75) is 65.5 Å². The van der Waals surface area contributed by atoms with Gasteiger partial charge in [0.25, 0.3) is 0 Å². The van der Waals surface area contributed by atoms with E-state index in [9.17, 15) is 0 Å². The minimum absolute atomic E-state index is 0.507. The third kappa shape index (κ3) is 3.11. The smallest absolute Gasteiger partial charge is 0.0314 e. The van der Waals surface area contributed by atoms with Crippen LogP contribution in [0, 0.1) is 10.8 Å². The van der Waals surface area contributed by atoms with Crippen LogP contribution in [0.5, 0.6) is 0 Å². The zero-order chi connectivity index (χ0) is 15.3. The summed E-state index contributed by atoms with van der Waals surface area (Å²) in [7, 11) is 0. The summed E-state index contributed by atoms with van der Waals surface area (Å²) >= 11 is 0. The highest BCUT2D eigenvalue weighted by Gasteiger charge is 2.50. The summed E-state index contributed by atoms with van der Waals surface area (Å²) in [5.41, 5.74) is 9.09. The van der Waals surface area contributed by atoms with Crippen molar-refractivity contribution in [1.82, 2.24) is 4.90 Å². The molecule has 1 aliphatic carbocycles. The average Bonchev–Trinajstić information content (AvgIpc) is 2.61. The van der Waals surface area contributed by atoms with Crippen molar-refractivity contribution < 1.29 is 0 Å². The van der Waals surface area contributed by atoms with E-state index < -0.39 is 0 Å². The fourth-order valence-electron chi connectivity index (χ4n) is 5.13. The molecule has 2 fully saturated rings. The van der Waals surface area contributed by atoms with Crippen molar-refractivity contribution in [3.05, 3.63) is 29.8 Å². The van der Waals surface area contributed by atoms with E-state index in [1.165, 1.54) is 31.4 Å². The van der Waals surface area contributed by atoms with E-state index in [0.29, 0.717) is 16.9 Å². The highest BCUT2D eigenvalue weighted by Crippen LogP contribution is 2.53. The molecular formula is C19H30N2. The van der Waals surface area contributed by atoms with Gasteiger partial charge in [-0.1, -0.05) is 32.9 Å². The van der Waals surface area contributed by atoms with Crippen LogP contribution in [0.25, 0.3) is 0 Å². The molecule has 0 aromatic heterocycles. The van der Waals surface area contributed by atoms with Crippen molar-refractivity contribution in [2.24, 2.45) is 10.8 Å². The summed E-state index contributed by atoms with van der Waals surface area (Å²) in [6.07, 6.45) is 5.26. The van der Waals surface area contributed by atoms with Gasteiger partial charge in [-0.2, -0.15) is 0 Å². The molecule has 3 rings (SSSR count). The van der Waals surface area contributed by atoms with E-state index in [1.54, 1.807) is 0 Å². The van der Waals surface area contributed by atoms with Crippen molar-refractivity contribution in [2.75, 3.05) is 12.3 Å². The average molecular weight is 286 g/mol. The SMILES string of the molecule is CC(Cc1ccc(N)cc1)N1CC2(C)CC1CC(C)(C)C2. The lowest BCUT2D eigenvalue weighted by molar-refractivity contribution is 0.120. The first-order valence-corrected chi connectivity index (χ1v) is 8.37. The van der Waals surface area contributed by atoms with Crippen LogP contribution >= 0.6 is 0 Å². The summed E-state index contributed by atoms with van der Waals surface area (Å²) in [5.74, 6) is 0. The number of anilines is 1. The highest BCUT2D eigenvalue weighted by atomic mass is 15.2. The molecule has 1 aliphatic heterocycles. The Morgan fingerprint density at radius 2 is 1.86 bits per heavy atom. The topological polar surface area (TPSA) is 29.3 Å². The van der Waals surface area contributed by atoms with Gasteiger partial charge in [0.2, 0.25) is 0 Å². The Kier molecular flexibility index (Phi) is 3.56. The van der Waals surface area contributed by atoms with Gasteiger partial charge in [0, 0.05) is 24.3 Å². The summed E-state index contributed by atoms with van der Waals surface area (Å²) in [6.45, 7) is 11.1. The first-order chi connectivity index (χ1) is 9.76. The van der Waals surface area contributed by atoms with E-state index >= 15 is 0 Å². The molecule has 3 unspecified atom stereocenters. The van der Waals surface area contributed by atoms with Crippen molar-refractivity contribution in [3.8, 4) is 0 Å². The number of nitrogens with zero attached hydrogens (tertiary/aromatic N) is 1. The molecule has 0 spiro atoms. The Labute approximate surface area is 129 Å². The number of likely N-dealkylation sites (tertiary alicyclic amines) is 1. The minimum atomic E-state index is 0.507. The number of nitrogen functional groups attached to an aromatic ring is 1. The third-order valence-corrected chi connectivity index (χ3v) is 5.53. The van der Waals surface area contributed by atoms with Crippen LogP contribution in [0.15, 0.2) is 24.3 Å². The molecule has 1 saturated heterocycles. The largest absolute Gasteiger partial charge is 0.399 e. The summed E-state index contributed by atoms with van der Waals surface area (Å²) in [6, 6.07) is 9.81. The van der Waals surface area contributed by atoms with Gasteiger partial charge in [0.05, 0.1) is 0 Å². The number of fused-ring (bicyclic) bond motifs is 2. The molecule has 2 nitrogen and oxygen atoms in total. The van der Waals surface area contributed by atoms with Crippen molar-refractivity contribution in [1.29, 1.82) is 0 Å². The lowest BCUT2D eigenvalue weighted by Gasteiger charge is -2.40. The molecule has 1 heterocycles. The van der Waals surface area contributed by atoms with E-state index in [1.807, 2.05) is 12.1 Å². The Bertz CT molecular complexity index is 505. The fraction of sp³-hybridized carbons (Fsp3) is 0.684. The van der Waals surface area contributed by atoms with Crippen LogP contribution in [0.3, 0.4) is 0 Å². The van der Waals surface area contributed by atoms with E-state index in [0.717, 1.165) is 18.2 Å². The maximum absolute atomic E-state index is 5.79. The summed E-state index contributed by atoms with van der Waals surface area (Å²) in [4.78, 5) is 2.78. The molecule has 21 heavy (non-hydrogen) atoms. The molecule has 2 heteroatoms. The maximum atomic E-state index is 5.79. The van der Waals surface area contributed by atoms with Crippen molar-refractivity contribution >= 4 is 5.69 Å². The molecule has 0 amide bonds. The van der Waals surface area contributed by atoms with Gasteiger partial charge in [-0.05, 0) is 61.1 Å². The Morgan fingerprint density at radius 1 is 1.19 bits per heavy atom. The van der Waals surface area contributed by atoms with Crippen LogP contribution in [0.4, 0.5) is 5.69 Å². The van der Waals surface area contributed by atoms with Gasteiger partial charge in [0.1, 0.15) is 0 Å². The second kappa shape index (κ2) is 5.01. The molecule has 3 atom stereocenters. The predicted octanol–water partition coefficient (Wildman–Crippen LogP) is 4.10. The first-order valence-electron chi connectivity index (χ1n) is 8.37. The minimum Gasteiger partial charge on any atom is -0.399 e. The number of rotatable bonds is 3. The second-order valence-electron chi connectivity index (χ2n) is 8.68. The van der Waals surface area contributed by atoms with Gasteiger partial charge in [-0.25, -0.2) is 0 Å². The van der Waals surface area contributed by atoms with Crippen LogP contribution in [0.1, 0.15) is 52.5 Å². The van der Waals surface area contributed by atoms with Crippen LogP contribution in [-0.2, 0) is 6.42 Å². The van der Waals surface area contributed by atoms with Crippen LogP contribution in [0.2, 0.25) is 0 Å². The number of benzene rings is 1. The monoisotopic (exact) mass is 286 g/mol. The third-order valence-electron chi connectivity index (χ3n) is 5.53. The van der Waals surface area contributed by atoms with Crippen LogP contribution < -0.4 is 5.73 Å². The molecule has 1 aromatic carbocycles. The molecule has 2 N–H and O–H groups in total. The number of hydrogen-bond donors (Lipinski definition) is 1. The first kappa shape index (κ1) is 14.9. The lowest BCUT2D eigenvalue weighted by Crippen LogP contribution is -2.40. The van der Waals surface area contributed by atoms with Gasteiger partial charge >= 0.3 is 0 Å². The van der Waals surface area contributed by atoms with E-state index in [-0.39, 0.29) is 0 Å². The zero-order valence-corrected chi connectivity index (χ0v) is 14.0. The summed E-state index contributed by atoms with van der Waals surface area (Å²) < 4.78 is 0. The molecule has 1 aromatic rings.